The first kappa shape index (κ1) is 23.6. The lowest BCUT2D eigenvalue weighted by atomic mass is 10.1. The number of carbonyl (C=O) groups excluding carboxylic acids is 2. The first-order chi connectivity index (χ1) is 17.3. The summed E-state index contributed by atoms with van der Waals surface area (Å²) < 4.78 is 11.1. The Balaban J connectivity index is 1.34. The van der Waals surface area contributed by atoms with Crippen LogP contribution in [0.1, 0.15) is 21.1 Å². The van der Waals surface area contributed by atoms with Gasteiger partial charge in [0.15, 0.2) is 11.5 Å². The summed E-state index contributed by atoms with van der Waals surface area (Å²) in [7, 11) is 0. The van der Waals surface area contributed by atoms with Crippen molar-refractivity contribution in [1.29, 1.82) is 0 Å². The van der Waals surface area contributed by atoms with Gasteiger partial charge in [0.1, 0.15) is 11.5 Å². The van der Waals surface area contributed by atoms with Gasteiger partial charge < -0.3 is 31.8 Å². The lowest BCUT2D eigenvalue weighted by Gasteiger charge is -2.02. The summed E-state index contributed by atoms with van der Waals surface area (Å²) in [6.45, 7) is 0. The van der Waals surface area contributed by atoms with E-state index in [9.17, 15) is 9.59 Å². The molecule has 2 aromatic heterocycles. The van der Waals surface area contributed by atoms with E-state index in [1.807, 2.05) is 0 Å². The fourth-order valence-corrected chi connectivity index (χ4v) is 3.08. The van der Waals surface area contributed by atoms with E-state index in [0.717, 1.165) is 5.56 Å². The van der Waals surface area contributed by atoms with Crippen molar-refractivity contribution >= 4 is 35.1 Å². The number of benzene rings is 2. The lowest BCUT2D eigenvalue weighted by Crippen LogP contribution is -2.38. The molecule has 0 fully saturated rings. The van der Waals surface area contributed by atoms with Gasteiger partial charge in [-0.3, -0.25) is 20.2 Å². The number of nitrogens with two attached hydrogens (primary N) is 4. The molecule has 0 saturated carbocycles. The van der Waals surface area contributed by atoms with Crippen molar-refractivity contribution in [2.75, 3.05) is 11.5 Å². The SMILES string of the molecule is NC(=NN=C(N)NC(=O)c1ccc(-c2cccc(N)c2)o1)NC(=O)c1ccc(-c2ccc(N)cc2)o1. The van der Waals surface area contributed by atoms with Crippen LogP contribution < -0.4 is 33.6 Å². The number of hydrogen-bond acceptors (Lipinski definition) is 8. The Bertz CT molecular complexity index is 1470. The molecule has 0 saturated heterocycles. The molecular weight excluding hydrogens is 464 g/mol. The molecule has 0 unspecified atom stereocenters. The van der Waals surface area contributed by atoms with E-state index in [0.29, 0.717) is 28.5 Å². The zero-order valence-corrected chi connectivity index (χ0v) is 18.8. The van der Waals surface area contributed by atoms with E-state index in [1.54, 1.807) is 60.7 Å². The van der Waals surface area contributed by atoms with Gasteiger partial charge in [-0.2, -0.15) is 0 Å². The topological polar surface area (TPSA) is 213 Å². The molecule has 0 aliphatic heterocycles. The van der Waals surface area contributed by atoms with Crippen LogP contribution in [0.5, 0.6) is 0 Å². The monoisotopic (exact) mass is 486 g/mol. The number of carbonyl (C=O) groups is 2. The third kappa shape index (κ3) is 5.69. The molecule has 0 atom stereocenters. The third-order valence-corrected chi connectivity index (χ3v) is 4.77. The Kier molecular flexibility index (Phi) is 6.68. The second-order valence-electron chi connectivity index (χ2n) is 7.45. The van der Waals surface area contributed by atoms with E-state index in [4.69, 9.17) is 31.8 Å². The number of anilines is 2. The number of furan rings is 2. The molecule has 0 aliphatic rings. The van der Waals surface area contributed by atoms with Crippen LogP contribution in [0.25, 0.3) is 22.6 Å². The molecule has 0 aliphatic carbocycles. The highest BCUT2D eigenvalue weighted by Crippen LogP contribution is 2.24. The zero-order valence-electron chi connectivity index (χ0n) is 18.8. The molecule has 4 aromatic rings. The Morgan fingerprint density at radius 3 is 1.69 bits per heavy atom. The van der Waals surface area contributed by atoms with Crippen LogP contribution in [0.2, 0.25) is 0 Å². The minimum Gasteiger partial charge on any atom is -0.451 e. The minimum atomic E-state index is -0.657. The summed E-state index contributed by atoms with van der Waals surface area (Å²) in [5.41, 5.74) is 25.4. The van der Waals surface area contributed by atoms with E-state index >= 15 is 0 Å². The highest BCUT2D eigenvalue weighted by atomic mass is 16.4. The molecule has 0 spiro atoms. The number of amides is 2. The predicted molar refractivity (Wildman–Crippen MR) is 135 cm³/mol. The van der Waals surface area contributed by atoms with Gasteiger partial charge in [-0.25, -0.2) is 0 Å². The minimum absolute atomic E-state index is 0.000903. The van der Waals surface area contributed by atoms with E-state index in [2.05, 4.69) is 20.8 Å². The summed E-state index contributed by atoms with van der Waals surface area (Å²) in [4.78, 5) is 24.7. The van der Waals surface area contributed by atoms with Gasteiger partial charge in [0, 0.05) is 22.5 Å². The molecule has 12 heteroatoms. The van der Waals surface area contributed by atoms with Crippen LogP contribution in [0, 0.1) is 0 Å². The second kappa shape index (κ2) is 10.2. The number of nitrogen functional groups attached to an aromatic ring is 2. The van der Waals surface area contributed by atoms with Crippen molar-refractivity contribution in [3.05, 3.63) is 84.3 Å². The molecule has 2 heterocycles. The van der Waals surface area contributed by atoms with Crippen molar-refractivity contribution in [2.24, 2.45) is 21.7 Å². The standard InChI is InChI=1S/C24H22N8O4/c25-15-6-4-13(5-7-15)17-8-10-19(35-17)21(33)29-23(27)31-32-24(28)30-22(34)20-11-9-18(36-20)14-2-1-3-16(26)12-14/h1-12H,25-26H2,(H3,27,29,31,33)(H3,28,30,32,34). The predicted octanol–water partition coefficient (Wildman–Crippen LogP) is 2.08. The number of nitrogens with zero attached hydrogens (tertiary/aromatic N) is 2. The number of rotatable bonds is 5. The van der Waals surface area contributed by atoms with Crippen LogP contribution in [0.3, 0.4) is 0 Å². The van der Waals surface area contributed by atoms with E-state index in [1.165, 1.54) is 12.1 Å². The summed E-state index contributed by atoms with van der Waals surface area (Å²) in [5.74, 6) is -1.14. The van der Waals surface area contributed by atoms with Crippen molar-refractivity contribution < 1.29 is 18.4 Å². The Labute approximate surface area is 204 Å². The second-order valence-corrected chi connectivity index (χ2v) is 7.45. The smallest absolute Gasteiger partial charge is 0.293 e. The molecule has 12 nitrogen and oxygen atoms in total. The first-order valence-electron chi connectivity index (χ1n) is 10.5. The molecule has 182 valence electrons. The molecule has 0 radical (unpaired) electrons. The molecule has 4 rings (SSSR count). The number of nitrogens with one attached hydrogen (secondary N) is 2. The lowest BCUT2D eigenvalue weighted by molar-refractivity contribution is 0.0942. The summed E-state index contributed by atoms with van der Waals surface area (Å²) >= 11 is 0. The maximum atomic E-state index is 12.4. The van der Waals surface area contributed by atoms with Gasteiger partial charge in [-0.05, 0) is 60.7 Å². The number of guanidine groups is 2. The van der Waals surface area contributed by atoms with Crippen molar-refractivity contribution in [3.63, 3.8) is 0 Å². The summed E-state index contributed by atoms with van der Waals surface area (Å²) in [6.07, 6.45) is 0. The maximum Gasteiger partial charge on any atom is 0.293 e. The van der Waals surface area contributed by atoms with Crippen LogP contribution in [-0.4, -0.2) is 23.7 Å². The fraction of sp³-hybridized carbons (Fsp3) is 0. The van der Waals surface area contributed by atoms with Crippen molar-refractivity contribution in [3.8, 4) is 22.6 Å². The van der Waals surface area contributed by atoms with Gasteiger partial charge in [-0.15, -0.1) is 10.2 Å². The van der Waals surface area contributed by atoms with Gasteiger partial charge >= 0.3 is 0 Å². The molecule has 2 amide bonds. The van der Waals surface area contributed by atoms with Gasteiger partial charge in [0.2, 0.25) is 11.9 Å². The summed E-state index contributed by atoms with van der Waals surface area (Å²) in [6, 6.07) is 20.2. The van der Waals surface area contributed by atoms with Crippen LogP contribution in [-0.2, 0) is 0 Å². The van der Waals surface area contributed by atoms with E-state index in [-0.39, 0.29) is 23.4 Å². The molecule has 2 aromatic carbocycles. The first-order valence-corrected chi connectivity index (χ1v) is 10.5. The van der Waals surface area contributed by atoms with Crippen LogP contribution in [0.4, 0.5) is 11.4 Å². The quantitative estimate of drug-likeness (QED) is 0.106. The van der Waals surface area contributed by atoms with Crippen molar-refractivity contribution in [2.45, 2.75) is 0 Å². The molecule has 10 N–H and O–H groups in total. The molecule has 36 heavy (non-hydrogen) atoms. The molecule has 0 bridgehead atoms. The van der Waals surface area contributed by atoms with Gasteiger partial charge in [-0.1, -0.05) is 12.1 Å². The maximum absolute atomic E-state index is 12.4. The zero-order chi connectivity index (χ0) is 25.7. The van der Waals surface area contributed by atoms with Gasteiger partial charge in [0.25, 0.3) is 11.8 Å². The fourth-order valence-electron chi connectivity index (χ4n) is 3.08. The number of hydrogen-bond donors (Lipinski definition) is 6. The largest absolute Gasteiger partial charge is 0.451 e. The van der Waals surface area contributed by atoms with Crippen LogP contribution in [0.15, 0.2) is 91.8 Å². The normalized spacial score (nSPS) is 11.8. The van der Waals surface area contributed by atoms with E-state index < -0.39 is 11.8 Å². The Morgan fingerprint density at radius 2 is 1.17 bits per heavy atom. The average Bonchev–Trinajstić information content (AvgIpc) is 3.54. The Morgan fingerprint density at radius 1 is 0.639 bits per heavy atom. The Hall–Kier alpha value is -5.52. The highest BCUT2D eigenvalue weighted by Gasteiger charge is 2.15. The third-order valence-electron chi connectivity index (χ3n) is 4.77. The average molecular weight is 486 g/mol. The molecular formula is C24H22N8O4. The van der Waals surface area contributed by atoms with Crippen molar-refractivity contribution in [1.82, 2.24) is 10.6 Å². The van der Waals surface area contributed by atoms with Crippen LogP contribution >= 0.6 is 0 Å². The summed E-state index contributed by atoms with van der Waals surface area (Å²) in [5, 5.41) is 11.8. The highest BCUT2D eigenvalue weighted by molar-refractivity contribution is 6.05. The van der Waals surface area contributed by atoms with Gasteiger partial charge in [0.05, 0.1) is 0 Å².